The Balaban J connectivity index is 1.47. The van der Waals surface area contributed by atoms with Gasteiger partial charge in [-0.05, 0) is 51.0 Å². The number of fused-ring (bicyclic) bond motifs is 1. The van der Waals surface area contributed by atoms with E-state index >= 15 is 0 Å². The lowest BCUT2D eigenvalue weighted by atomic mass is 9.70. The van der Waals surface area contributed by atoms with Crippen molar-refractivity contribution in [1.82, 2.24) is 15.1 Å². The summed E-state index contributed by atoms with van der Waals surface area (Å²) in [5.74, 6) is -3.10. The molecule has 1 saturated carbocycles. The van der Waals surface area contributed by atoms with Crippen molar-refractivity contribution in [1.29, 1.82) is 0 Å². The molecule has 2 bridgehead atoms. The molecule has 0 aromatic heterocycles. The molecule has 262 valence electrons. The zero-order valence-corrected chi connectivity index (χ0v) is 29.5. The summed E-state index contributed by atoms with van der Waals surface area (Å²) in [7, 11) is 0. The van der Waals surface area contributed by atoms with Gasteiger partial charge in [0.25, 0.3) is 0 Å². The lowest BCUT2D eigenvalue weighted by Crippen LogP contribution is -2.58. The number of benzene rings is 1. The summed E-state index contributed by atoms with van der Waals surface area (Å²) in [6.45, 7) is 10.0. The summed E-state index contributed by atoms with van der Waals surface area (Å²) in [4.78, 5) is 59.5. The number of likely N-dealkylation sites (tertiary alicyclic amines) is 1. The fourth-order valence-corrected chi connectivity index (χ4v) is 9.30. The van der Waals surface area contributed by atoms with Gasteiger partial charge in [-0.25, -0.2) is 0 Å². The maximum absolute atomic E-state index is 14.7. The van der Waals surface area contributed by atoms with Gasteiger partial charge in [0.15, 0.2) is 0 Å². The summed E-state index contributed by atoms with van der Waals surface area (Å²) >= 11 is 3.76. The molecule has 4 aliphatic rings. The number of alkyl halides is 1. The van der Waals surface area contributed by atoms with E-state index in [0.717, 1.165) is 32.1 Å². The molecule has 1 aliphatic carbocycles. The molecule has 5 rings (SSSR count). The summed E-state index contributed by atoms with van der Waals surface area (Å²) in [5, 5.41) is 12.5. The zero-order chi connectivity index (χ0) is 34.4. The molecule has 3 saturated heterocycles. The van der Waals surface area contributed by atoms with Crippen LogP contribution in [0, 0.1) is 11.8 Å². The van der Waals surface area contributed by atoms with Crippen molar-refractivity contribution in [3.05, 3.63) is 61.2 Å². The molecule has 3 amide bonds. The van der Waals surface area contributed by atoms with Crippen LogP contribution in [0.2, 0.25) is 0 Å². The Hall–Kier alpha value is -3.02. The predicted molar refractivity (Wildman–Crippen MR) is 185 cm³/mol. The van der Waals surface area contributed by atoms with Crippen molar-refractivity contribution in [3.8, 4) is 0 Å². The second-order valence-electron chi connectivity index (χ2n) is 13.6. The van der Waals surface area contributed by atoms with E-state index < -0.39 is 47.7 Å². The molecular weight excluding hydrogens is 678 g/mol. The minimum absolute atomic E-state index is 0.0277. The summed E-state index contributed by atoms with van der Waals surface area (Å²) in [6.07, 6.45) is 9.08. The number of carbonyl (C=O) groups is 4. The molecule has 1 aromatic rings. The molecule has 0 radical (unpaired) electrons. The average Bonchev–Trinajstić information content (AvgIpc) is 3.68. The lowest BCUT2D eigenvalue weighted by molar-refractivity contribution is -0.162. The van der Waals surface area contributed by atoms with Gasteiger partial charge in [0.1, 0.15) is 17.7 Å². The quantitative estimate of drug-likeness (QED) is 0.110. The number of hydrogen-bond donors (Lipinski definition) is 2. The number of carbonyl (C=O) groups excluding carboxylic acids is 4. The fourth-order valence-electron chi connectivity index (χ4n) is 8.36. The number of aliphatic hydroxyl groups excluding tert-OH is 1. The van der Waals surface area contributed by atoms with Gasteiger partial charge in [-0.2, -0.15) is 0 Å². The van der Waals surface area contributed by atoms with E-state index in [1.807, 2.05) is 35.2 Å². The average molecular weight is 729 g/mol. The lowest BCUT2D eigenvalue weighted by Gasteiger charge is -2.41. The number of aliphatic hydroxyl groups is 1. The highest BCUT2D eigenvalue weighted by Gasteiger charge is 2.77. The number of esters is 1. The van der Waals surface area contributed by atoms with Crippen LogP contribution in [0.15, 0.2) is 55.6 Å². The van der Waals surface area contributed by atoms with E-state index in [1.165, 1.54) is 0 Å². The van der Waals surface area contributed by atoms with E-state index in [1.54, 1.807) is 24.0 Å². The van der Waals surface area contributed by atoms with Crippen molar-refractivity contribution in [3.63, 3.8) is 0 Å². The van der Waals surface area contributed by atoms with Crippen molar-refractivity contribution < 1.29 is 33.8 Å². The van der Waals surface area contributed by atoms with Crippen LogP contribution in [0.3, 0.4) is 0 Å². The highest BCUT2D eigenvalue weighted by Crippen LogP contribution is 2.60. The molecule has 1 aromatic carbocycles. The van der Waals surface area contributed by atoms with Crippen molar-refractivity contribution in [2.24, 2.45) is 11.8 Å². The van der Waals surface area contributed by atoms with Crippen molar-refractivity contribution in [2.45, 2.75) is 112 Å². The van der Waals surface area contributed by atoms with Gasteiger partial charge in [0.2, 0.25) is 17.7 Å². The number of nitrogens with zero attached hydrogens (tertiary/aromatic N) is 2. The molecule has 1 unspecified atom stereocenters. The normalized spacial score (nSPS) is 29.2. The molecule has 48 heavy (non-hydrogen) atoms. The van der Waals surface area contributed by atoms with Gasteiger partial charge in [-0.15, -0.1) is 13.2 Å². The van der Waals surface area contributed by atoms with Gasteiger partial charge < -0.3 is 29.7 Å². The molecule has 8 atom stereocenters. The molecule has 1 spiro atoms. The molecule has 4 fully saturated rings. The predicted octanol–water partition coefficient (Wildman–Crippen LogP) is 4.61. The number of rotatable bonds is 16. The molecule has 3 aliphatic heterocycles. The first kappa shape index (κ1) is 36.3. The zero-order valence-electron chi connectivity index (χ0n) is 27.9. The van der Waals surface area contributed by atoms with Gasteiger partial charge in [0, 0.05) is 37.0 Å². The Kier molecular flexibility index (Phi) is 12.2. The molecule has 3 heterocycles. The number of ether oxygens (including phenoxy) is 2. The van der Waals surface area contributed by atoms with E-state index in [-0.39, 0.29) is 48.2 Å². The van der Waals surface area contributed by atoms with E-state index in [4.69, 9.17) is 9.47 Å². The number of halogens is 1. The van der Waals surface area contributed by atoms with Crippen LogP contribution in [0.25, 0.3) is 0 Å². The third-order valence-electron chi connectivity index (χ3n) is 10.5. The van der Waals surface area contributed by atoms with Crippen LogP contribution in [0.5, 0.6) is 0 Å². The fraction of sp³-hybridized carbons (Fsp3) is 0.622. The van der Waals surface area contributed by atoms with E-state index in [2.05, 4.69) is 34.4 Å². The second kappa shape index (κ2) is 16.1. The van der Waals surface area contributed by atoms with Gasteiger partial charge in [-0.1, -0.05) is 77.7 Å². The summed E-state index contributed by atoms with van der Waals surface area (Å²) in [6, 6.07) is 7.80. The summed E-state index contributed by atoms with van der Waals surface area (Å²) < 4.78 is 13.0. The highest BCUT2D eigenvalue weighted by atomic mass is 79.9. The van der Waals surface area contributed by atoms with Crippen LogP contribution < -0.4 is 5.32 Å². The van der Waals surface area contributed by atoms with Crippen molar-refractivity contribution >= 4 is 39.6 Å². The first-order valence-electron chi connectivity index (χ1n) is 17.5. The van der Waals surface area contributed by atoms with Gasteiger partial charge >= 0.3 is 5.97 Å². The Labute approximate surface area is 292 Å². The number of hydrogen-bond acceptors (Lipinski definition) is 7. The third kappa shape index (κ3) is 7.14. The van der Waals surface area contributed by atoms with Crippen LogP contribution in [-0.2, 0) is 28.7 Å². The van der Waals surface area contributed by atoms with E-state index in [9.17, 15) is 24.3 Å². The maximum atomic E-state index is 14.7. The first-order valence-corrected chi connectivity index (χ1v) is 18.4. The Morgan fingerprint density at radius 1 is 1.17 bits per heavy atom. The number of amides is 3. The first-order chi connectivity index (χ1) is 23.2. The minimum atomic E-state index is -1.21. The van der Waals surface area contributed by atoms with Crippen molar-refractivity contribution in [2.75, 3.05) is 19.7 Å². The van der Waals surface area contributed by atoms with Gasteiger partial charge in [-0.3, -0.25) is 19.2 Å². The topological polar surface area (TPSA) is 125 Å². The largest absolute Gasteiger partial charge is 0.455 e. The Bertz CT molecular complexity index is 1340. The smallest absolute Gasteiger partial charge is 0.313 e. The number of allylic oxidation sites excluding steroid dienone is 1. The Morgan fingerprint density at radius 2 is 1.90 bits per heavy atom. The van der Waals surface area contributed by atoms with Crippen LogP contribution in [0.4, 0.5) is 0 Å². The maximum Gasteiger partial charge on any atom is 0.313 e. The molecule has 10 nitrogen and oxygen atoms in total. The van der Waals surface area contributed by atoms with Crippen LogP contribution in [0.1, 0.15) is 82.8 Å². The van der Waals surface area contributed by atoms with Gasteiger partial charge in [0.05, 0.1) is 24.0 Å². The molecule has 2 N–H and O–H groups in total. The molecular formula is C37H50BrN3O7. The SMILES string of the molecule is C=CCCC(=O)N[C@@H](C)[C@H](OC(=O)[C@H]1[C@@H]2O[C@@]3(CC2Br)[C@@H]1C(=O)N(CCCCO)[C@@H]3C(=O)N(CC=C)C1CCCCC1)c1ccccc1. The number of unbranched alkanes of at least 4 members (excludes halogenated alkanes) is 1. The number of nitrogens with one attached hydrogen (secondary N) is 1. The van der Waals surface area contributed by atoms with Crippen LogP contribution in [-0.4, -0.2) is 93.0 Å². The monoisotopic (exact) mass is 727 g/mol. The Morgan fingerprint density at radius 3 is 2.56 bits per heavy atom. The standard InChI is InChI=1S/C37H50BrN3O7/c1-4-6-19-28(43)39-24(3)31(25-15-9-7-10-16-25)47-36(46)29-30-34(44)41(21-13-14-22-42)33(37(30)23-27(38)32(29)48-37)35(45)40(20-5-2)26-17-11-8-12-18-26/h4-5,7,9-10,15-16,24,26-27,29-33,42H,1-2,6,8,11-14,17-23H2,3H3,(H,39,43)/t24-,27?,29+,30-,31-,32+,33+,37-/m0/s1. The molecule has 11 heteroatoms. The summed E-state index contributed by atoms with van der Waals surface area (Å²) in [5.41, 5.74) is -0.503. The second-order valence-corrected chi connectivity index (χ2v) is 14.8. The van der Waals surface area contributed by atoms with Crippen LogP contribution >= 0.6 is 15.9 Å². The third-order valence-corrected chi connectivity index (χ3v) is 11.4. The van der Waals surface area contributed by atoms with E-state index in [0.29, 0.717) is 37.8 Å². The minimum Gasteiger partial charge on any atom is -0.455 e. The highest BCUT2D eigenvalue weighted by molar-refractivity contribution is 9.09.